The molecule has 2 aromatic heterocycles. The summed E-state index contributed by atoms with van der Waals surface area (Å²) in [6.45, 7) is 2.12. The standard InChI is InChI=1S/C10H9NS3/c1-8-6-10(12-7-8)14-13-9-4-2-3-5-11-9/h2-7H,1H3. The van der Waals surface area contributed by atoms with Gasteiger partial charge in [0.1, 0.15) is 5.03 Å². The molecule has 0 saturated heterocycles. The molecule has 0 fully saturated rings. The van der Waals surface area contributed by atoms with Crippen LogP contribution < -0.4 is 0 Å². The second kappa shape index (κ2) is 4.87. The van der Waals surface area contributed by atoms with Crippen LogP contribution in [0.4, 0.5) is 0 Å². The number of thiophene rings is 1. The molecule has 0 bridgehead atoms. The summed E-state index contributed by atoms with van der Waals surface area (Å²) in [7, 11) is 3.47. The second-order valence-electron chi connectivity index (χ2n) is 2.78. The molecular weight excluding hydrogens is 230 g/mol. The zero-order chi connectivity index (χ0) is 9.80. The van der Waals surface area contributed by atoms with Crippen LogP contribution >= 0.6 is 32.9 Å². The van der Waals surface area contributed by atoms with Gasteiger partial charge in [-0.3, -0.25) is 0 Å². The van der Waals surface area contributed by atoms with E-state index in [0.29, 0.717) is 0 Å². The van der Waals surface area contributed by atoms with E-state index in [1.54, 1.807) is 32.9 Å². The van der Waals surface area contributed by atoms with Crippen molar-refractivity contribution < 1.29 is 0 Å². The van der Waals surface area contributed by atoms with E-state index in [1.165, 1.54) is 9.77 Å². The Morgan fingerprint density at radius 2 is 2.21 bits per heavy atom. The van der Waals surface area contributed by atoms with Crippen LogP contribution in [-0.2, 0) is 0 Å². The van der Waals surface area contributed by atoms with Gasteiger partial charge in [0, 0.05) is 6.20 Å². The maximum Gasteiger partial charge on any atom is 0.107 e. The largest absolute Gasteiger partial charge is 0.249 e. The van der Waals surface area contributed by atoms with Gasteiger partial charge in [-0.05, 0) is 57.7 Å². The molecule has 0 aliphatic heterocycles. The summed E-state index contributed by atoms with van der Waals surface area (Å²) in [5.74, 6) is 0. The molecule has 1 nitrogen and oxygen atoms in total. The number of pyridine rings is 1. The van der Waals surface area contributed by atoms with Crippen molar-refractivity contribution in [2.24, 2.45) is 0 Å². The van der Waals surface area contributed by atoms with Crippen LogP contribution in [0.1, 0.15) is 5.56 Å². The van der Waals surface area contributed by atoms with Gasteiger partial charge in [0.2, 0.25) is 0 Å². The van der Waals surface area contributed by atoms with Crippen molar-refractivity contribution in [1.82, 2.24) is 4.98 Å². The van der Waals surface area contributed by atoms with Gasteiger partial charge in [0.15, 0.2) is 0 Å². The minimum Gasteiger partial charge on any atom is -0.249 e. The molecule has 14 heavy (non-hydrogen) atoms. The quantitative estimate of drug-likeness (QED) is 0.743. The number of nitrogens with zero attached hydrogens (tertiary/aromatic N) is 1. The van der Waals surface area contributed by atoms with E-state index in [9.17, 15) is 0 Å². The summed E-state index contributed by atoms with van der Waals surface area (Å²) in [6, 6.07) is 8.17. The molecule has 0 spiro atoms. The zero-order valence-corrected chi connectivity index (χ0v) is 10.1. The number of aromatic nitrogens is 1. The van der Waals surface area contributed by atoms with Crippen LogP contribution in [-0.4, -0.2) is 4.98 Å². The highest BCUT2D eigenvalue weighted by Crippen LogP contribution is 2.39. The molecule has 0 radical (unpaired) electrons. The Labute approximate surface area is 95.4 Å². The molecule has 0 atom stereocenters. The molecule has 0 unspecified atom stereocenters. The number of rotatable bonds is 3. The molecule has 2 rings (SSSR count). The van der Waals surface area contributed by atoms with E-state index in [4.69, 9.17) is 0 Å². The molecule has 0 saturated carbocycles. The van der Waals surface area contributed by atoms with E-state index in [1.807, 2.05) is 24.4 Å². The lowest BCUT2D eigenvalue weighted by Gasteiger charge is -1.95. The van der Waals surface area contributed by atoms with Crippen molar-refractivity contribution in [3.8, 4) is 0 Å². The third-order valence-electron chi connectivity index (χ3n) is 1.55. The van der Waals surface area contributed by atoms with Crippen LogP contribution in [0, 0.1) is 6.92 Å². The Balaban J connectivity index is 1.95. The zero-order valence-electron chi connectivity index (χ0n) is 7.64. The summed E-state index contributed by atoms with van der Waals surface area (Å²) in [6.07, 6.45) is 1.82. The summed E-state index contributed by atoms with van der Waals surface area (Å²) in [5, 5.41) is 3.23. The third-order valence-corrected chi connectivity index (χ3v) is 5.33. The fourth-order valence-corrected chi connectivity index (χ4v) is 4.10. The fraction of sp³-hybridized carbons (Fsp3) is 0.100. The third kappa shape index (κ3) is 2.77. The lowest BCUT2D eigenvalue weighted by Crippen LogP contribution is -1.72. The molecule has 0 aromatic carbocycles. The van der Waals surface area contributed by atoms with Crippen LogP contribution in [0.5, 0.6) is 0 Å². The van der Waals surface area contributed by atoms with E-state index in [0.717, 1.165) is 5.03 Å². The van der Waals surface area contributed by atoms with Crippen molar-refractivity contribution in [2.45, 2.75) is 16.2 Å². The predicted octanol–water partition coefficient (Wildman–Crippen LogP) is 4.25. The molecule has 4 heteroatoms. The summed E-state index contributed by atoms with van der Waals surface area (Å²) in [5.41, 5.74) is 1.33. The summed E-state index contributed by atoms with van der Waals surface area (Å²) in [4.78, 5) is 4.25. The van der Waals surface area contributed by atoms with Crippen molar-refractivity contribution in [3.63, 3.8) is 0 Å². The fourth-order valence-electron chi connectivity index (χ4n) is 0.929. The molecular formula is C10H9NS3. The van der Waals surface area contributed by atoms with Gasteiger partial charge in [0.25, 0.3) is 0 Å². The first-order valence-electron chi connectivity index (χ1n) is 4.15. The predicted molar refractivity (Wildman–Crippen MR) is 65.0 cm³/mol. The van der Waals surface area contributed by atoms with Gasteiger partial charge in [0.05, 0.1) is 4.21 Å². The maximum absolute atomic E-state index is 4.25. The molecule has 2 heterocycles. The maximum atomic E-state index is 4.25. The number of hydrogen-bond acceptors (Lipinski definition) is 4. The Morgan fingerprint density at radius 1 is 1.29 bits per heavy atom. The van der Waals surface area contributed by atoms with Crippen LogP contribution in [0.3, 0.4) is 0 Å². The topological polar surface area (TPSA) is 12.9 Å². The van der Waals surface area contributed by atoms with E-state index in [-0.39, 0.29) is 0 Å². The normalized spacial score (nSPS) is 10.4. The first kappa shape index (κ1) is 10.1. The average Bonchev–Trinajstić information content (AvgIpc) is 2.63. The molecule has 0 aliphatic carbocycles. The highest BCUT2D eigenvalue weighted by atomic mass is 33.1. The Hall–Kier alpha value is -0.450. The van der Waals surface area contributed by atoms with E-state index in [2.05, 4.69) is 23.4 Å². The van der Waals surface area contributed by atoms with Gasteiger partial charge in [-0.2, -0.15) is 0 Å². The summed E-state index contributed by atoms with van der Waals surface area (Å²) >= 11 is 1.78. The molecule has 0 N–H and O–H groups in total. The minimum atomic E-state index is 1.06. The van der Waals surface area contributed by atoms with Crippen molar-refractivity contribution >= 4 is 32.9 Å². The van der Waals surface area contributed by atoms with E-state index < -0.39 is 0 Å². The lowest BCUT2D eigenvalue weighted by atomic mass is 10.4. The molecule has 0 aliphatic rings. The van der Waals surface area contributed by atoms with Crippen molar-refractivity contribution in [2.75, 3.05) is 0 Å². The van der Waals surface area contributed by atoms with Gasteiger partial charge in [-0.1, -0.05) is 6.07 Å². The van der Waals surface area contributed by atoms with Gasteiger partial charge < -0.3 is 0 Å². The van der Waals surface area contributed by atoms with Crippen LogP contribution in [0.15, 0.2) is 45.1 Å². The Kier molecular flexibility index (Phi) is 3.50. The highest BCUT2D eigenvalue weighted by molar-refractivity contribution is 8.77. The van der Waals surface area contributed by atoms with Crippen molar-refractivity contribution in [3.05, 3.63) is 41.4 Å². The lowest BCUT2D eigenvalue weighted by molar-refractivity contribution is 1.14. The van der Waals surface area contributed by atoms with Crippen LogP contribution in [0.25, 0.3) is 0 Å². The van der Waals surface area contributed by atoms with Gasteiger partial charge in [-0.15, -0.1) is 11.3 Å². The average molecular weight is 239 g/mol. The smallest absolute Gasteiger partial charge is 0.107 e. The second-order valence-corrected chi connectivity index (χ2v) is 6.14. The molecule has 2 aromatic rings. The number of hydrogen-bond donors (Lipinski definition) is 0. The van der Waals surface area contributed by atoms with Crippen molar-refractivity contribution in [1.29, 1.82) is 0 Å². The van der Waals surface area contributed by atoms with Gasteiger partial charge >= 0.3 is 0 Å². The van der Waals surface area contributed by atoms with Gasteiger partial charge in [-0.25, -0.2) is 4.98 Å². The monoisotopic (exact) mass is 239 g/mol. The highest BCUT2D eigenvalue weighted by Gasteiger charge is 1.99. The SMILES string of the molecule is Cc1csc(SSc2ccccn2)c1. The summed E-state index contributed by atoms with van der Waals surface area (Å²) < 4.78 is 1.33. The first-order chi connectivity index (χ1) is 6.84. The minimum absolute atomic E-state index is 1.06. The Bertz CT molecular complexity index is 397. The van der Waals surface area contributed by atoms with Crippen LogP contribution in [0.2, 0.25) is 0 Å². The Morgan fingerprint density at radius 3 is 2.86 bits per heavy atom. The first-order valence-corrected chi connectivity index (χ1v) is 7.18. The number of aryl methyl sites for hydroxylation is 1. The van der Waals surface area contributed by atoms with E-state index >= 15 is 0 Å². The molecule has 0 amide bonds. The molecule has 72 valence electrons.